The van der Waals surface area contributed by atoms with Crippen molar-refractivity contribution in [3.8, 4) is 0 Å². The number of nitrogens with one attached hydrogen (secondary N) is 1. The lowest BCUT2D eigenvalue weighted by Gasteiger charge is -2.26. The summed E-state index contributed by atoms with van der Waals surface area (Å²) in [7, 11) is 0. The van der Waals surface area contributed by atoms with E-state index < -0.39 is 0 Å². The third-order valence-corrected chi connectivity index (χ3v) is 3.99. The van der Waals surface area contributed by atoms with Crippen LogP contribution in [0.15, 0.2) is 0 Å². The van der Waals surface area contributed by atoms with Gasteiger partial charge in [-0.2, -0.15) is 0 Å². The molecule has 2 unspecified atom stereocenters. The van der Waals surface area contributed by atoms with E-state index in [2.05, 4.69) is 24.1 Å². The molecule has 1 aliphatic heterocycles. The van der Waals surface area contributed by atoms with E-state index >= 15 is 0 Å². The molecule has 1 heterocycles. The SMILES string of the molecule is CC1CC1(C)C(=O)NCCN1CCOCC1. The van der Waals surface area contributed by atoms with Gasteiger partial charge in [-0.05, 0) is 12.3 Å². The Balaban J connectivity index is 1.62. The smallest absolute Gasteiger partial charge is 0.226 e. The van der Waals surface area contributed by atoms with Crippen molar-refractivity contribution in [2.75, 3.05) is 39.4 Å². The molecule has 2 atom stereocenters. The zero-order chi connectivity index (χ0) is 11.6. The summed E-state index contributed by atoms with van der Waals surface area (Å²) in [5.41, 5.74) is -0.0784. The first-order chi connectivity index (χ1) is 7.63. The van der Waals surface area contributed by atoms with E-state index in [9.17, 15) is 4.79 Å². The lowest BCUT2D eigenvalue weighted by atomic mass is 10.1. The van der Waals surface area contributed by atoms with E-state index in [1.807, 2.05) is 0 Å². The number of hydrogen-bond donors (Lipinski definition) is 1. The van der Waals surface area contributed by atoms with Gasteiger partial charge >= 0.3 is 0 Å². The summed E-state index contributed by atoms with van der Waals surface area (Å²) >= 11 is 0. The lowest BCUT2D eigenvalue weighted by Crippen LogP contribution is -2.42. The van der Waals surface area contributed by atoms with Gasteiger partial charge in [0.15, 0.2) is 0 Å². The first-order valence-electron chi connectivity index (χ1n) is 6.21. The first kappa shape index (κ1) is 11.9. The molecular weight excluding hydrogens is 204 g/mol. The van der Waals surface area contributed by atoms with Crippen LogP contribution in [-0.4, -0.2) is 50.2 Å². The Bertz CT molecular complexity index is 264. The number of ether oxygens (including phenoxy) is 1. The maximum atomic E-state index is 11.8. The van der Waals surface area contributed by atoms with Crippen molar-refractivity contribution in [1.82, 2.24) is 10.2 Å². The minimum absolute atomic E-state index is 0.0784. The van der Waals surface area contributed by atoms with Crippen LogP contribution in [0.4, 0.5) is 0 Å². The Hall–Kier alpha value is -0.610. The number of carbonyl (C=O) groups is 1. The van der Waals surface area contributed by atoms with Gasteiger partial charge in [0, 0.05) is 31.6 Å². The van der Waals surface area contributed by atoms with Gasteiger partial charge in [-0.1, -0.05) is 13.8 Å². The molecule has 1 saturated carbocycles. The molecule has 0 radical (unpaired) electrons. The minimum Gasteiger partial charge on any atom is -0.379 e. The van der Waals surface area contributed by atoms with E-state index in [0.717, 1.165) is 45.8 Å². The predicted molar refractivity (Wildman–Crippen MR) is 62.2 cm³/mol. The molecule has 1 N–H and O–H groups in total. The van der Waals surface area contributed by atoms with Gasteiger partial charge in [-0.25, -0.2) is 0 Å². The highest BCUT2D eigenvalue weighted by Gasteiger charge is 2.52. The third kappa shape index (κ3) is 2.55. The molecule has 1 saturated heterocycles. The number of nitrogens with zero attached hydrogens (tertiary/aromatic N) is 1. The highest BCUT2D eigenvalue weighted by molar-refractivity contribution is 5.85. The van der Waals surface area contributed by atoms with Crippen molar-refractivity contribution in [2.45, 2.75) is 20.3 Å². The second-order valence-corrected chi connectivity index (χ2v) is 5.23. The summed E-state index contributed by atoms with van der Waals surface area (Å²) in [6.07, 6.45) is 1.04. The van der Waals surface area contributed by atoms with Gasteiger partial charge < -0.3 is 10.1 Å². The summed E-state index contributed by atoms with van der Waals surface area (Å²) in [6.45, 7) is 9.53. The van der Waals surface area contributed by atoms with Crippen molar-refractivity contribution < 1.29 is 9.53 Å². The normalized spacial score (nSPS) is 34.8. The van der Waals surface area contributed by atoms with Crippen molar-refractivity contribution in [2.24, 2.45) is 11.3 Å². The zero-order valence-corrected chi connectivity index (χ0v) is 10.3. The van der Waals surface area contributed by atoms with Crippen molar-refractivity contribution in [1.29, 1.82) is 0 Å². The van der Waals surface area contributed by atoms with Crippen molar-refractivity contribution in [3.05, 3.63) is 0 Å². The largest absolute Gasteiger partial charge is 0.379 e. The van der Waals surface area contributed by atoms with Crippen LogP contribution in [0, 0.1) is 11.3 Å². The molecule has 0 aromatic carbocycles. The average Bonchev–Trinajstić information content (AvgIpc) is 2.90. The topological polar surface area (TPSA) is 41.6 Å². The van der Waals surface area contributed by atoms with Crippen LogP contribution in [0.25, 0.3) is 0 Å². The highest BCUT2D eigenvalue weighted by atomic mass is 16.5. The molecule has 0 aromatic rings. The standard InChI is InChI=1S/C12H22N2O2/c1-10-9-12(10,2)11(15)13-3-4-14-5-7-16-8-6-14/h10H,3-9H2,1-2H3,(H,13,15). The molecule has 2 aliphatic rings. The van der Waals surface area contributed by atoms with Gasteiger partial charge in [0.2, 0.25) is 5.91 Å². The van der Waals surface area contributed by atoms with Crippen LogP contribution in [0.2, 0.25) is 0 Å². The fourth-order valence-corrected chi connectivity index (χ4v) is 2.25. The molecule has 4 nitrogen and oxygen atoms in total. The van der Waals surface area contributed by atoms with Gasteiger partial charge in [-0.3, -0.25) is 9.69 Å². The van der Waals surface area contributed by atoms with Gasteiger partial charge in [-0.15, -0.1) is 0 Å². The number of amides is 1. The molecule has 16 heavy (non-hydrogen) atoms. The summed E-state index contributed by atoms with van der Waals surface area (Å²) < 4.78 is 5.28. The fraction of sp³-hybridized carbons (Fsp3) is 0.917. The van der Waals surface area contributed by atoms with E-state index in [1.165, 1.54) is 0 Å². The predicted octanol–water partition coefficient (Wildman–Crippen LogP) is 0.481. The van der Waals surface area contributed by atoms with Gasteiger partial charge in [0.25, 0.3) is 0 Å². The molecule has 2 rings (SSSR count). The molecule has 2 fully saturated rings. The number of hydrogen-bond acceptors (Lipinski definition) is 3. The summed E-state index contributed by atoms with van der Waals surface area (Å²) in [5.74, 6) is 0.782. The van der Waals surface area contributed by atoms with E-state index in [-0.39, 0.29) is 11.3 Å². The maximum Gasteiger partial charge on any atom is 0.226 e. The summed E-state index contributed by atoms with van der Waals surface area (Å²) in [5, 5.41) is 3.04. The third-order valence-electron chi connectivity index (χ3n) is 3.99. The van der Waals surface area contributed by atoms with Crippen LogP contribution >= 0.6 is 0 Å². The Morgan fingerprint density at radius 3 is 2.69 bits per heavy atom. The number of carbonyl (C=O) groups excluding carboxylic acids is 1. The summed E-state index contributed by atoms with van der Waals surface area (Å²) in [6, 6.07) is 0. The Labute approximate surface area is 97.3 Å². The van der Waals surface area contributed by atoms with Crippen LogP contribution in [0.5, 0.6) is 0 Å². The molecule has 0 spiro atoms. The quantitative estimate of drug-likeness (QED) is 0.758. The van der Waals surface area contributed by atoms with Crippen LogP contribution in [-0.2, 0) is 9.53 Å². The molecule has 1 aliphatic carbocycles. The molecule has 92 valence electrons. The summed E-state index contributed by atoms with van der Waals surface area (Å²) in [4.78, 5) is 14.2. The molecule has 0 aromatic heterocycles. The van der Waals surface area contributed by atoms with E-state index in [4.69, 9.17) is 4.74 Å². The van der Waals surface area contributed by atoms with E-state index in [1.54, 1.807) is 0 Å². The number of rotatable bonds is 4. The molecule has 4 heteroatoms. The number of morpholine rings is 1. The molecular formula is C12H22N2O2. The second kappa shape index (κ2) is 4.72. The lowest BCUT2D eigenvalue weighted by molar-refractivity contribution is -0.126. The average molecular weight is 226 g/mol. The van der Waals surface area contributed by atoms with Crippen molar-refractivity contribution in [3.63, 3.8) is 0 Å². The Morgan fingerprint density at radius 1 is 1.50 bits per heavy atom. The van der Waals surface area contributed by atoms with Gasteiger partial charge in [0.1, 0.15) is 0 Å². The Kier molecular flexibility index (Phi) is 3.50. The zero-order valence-electron chi connectivity index (χ0n) is 10.3. The van der Waals surface area contributed by atoms with Gasteiger partial charge in [0.05, 0.1) is 13.2 Å². The second-order valence-electron chi connectivity index (χ2n) is 5.23. The van der Waals surface area contributed by atoms with Crippen LogP contribution < -0.4 is 5.32 Å². The highest BCUT2D eigenvalue weighted by Crippen LogP contribution is 2.51. The molecule has 0 bridgehead atoms. The van der Waals surface area contributed by atoms with Crippen molar-refractivity contribution >= 4 is 5.91 Å². The monoisotopic (exact) mass is 226 g/mol. The fourth-order valence-electron chi connectivity index (χ4n) is 2.25. The molecule has 1 amide bonds. The maximum absolute atomic E-state index is 11.8. The van der Waals surface area contributed by atoms with E-state index in [0.29, 0.717) is 5.92 Å². The van der Waals surface area contributed by atoms with Crippen LogP contribution in [0.3, 0.4) is 0 Å². The van der Waals surface area contributed by atoms with Crippen LogP contribution in [0.1, 0.15) is 20.3 Å². The Morgan fingerprint density at radius 2 is 2.12 bits per heavy atom. The minimum atomic E-state index is -0.0784. The first-order valence-corrected chi connectivity index (χ1v) is 6.21.